The van der Waals surface area contributed by atoms with Gasteiger partial charge in [0.05, 0.1) is 12.2 Å². The van der Waals surface area contributed by atoms with Gasteiger partial charge in [-0.05, 0) is 46.0 Å². The molecule has 0 aromatic carbocycles. The van der Waals surface area contributed by atoms with Gasteiger partial charge in [0.15, 0.2) is 0 Å². The number of hydrogen-bond acceptors (Lipinski definition) is 3. The van der Waals surface area contributed by atoms with E-state index in [0.717, 1.165) is 45.2 Å². The van der Waals surface area contributed by atoms with Crippen LogP contribution in [0.2, 0.25) is 0 Å². The Morgan fingerprint density at radius 3 is 2.20 bits per heavy atom. The van der Waals surface area contributed by atoms with Crippen LogP contribution in [0.1, 0.15) is 65.7 Å². The van der Waals surface area contributed by atoms with Crippen molar-refractivity contribution in [3.8, 4) is 0 Å². The molecule has 0 saturated heterocycles. The second kappa shape index (κ2) is 11.5. The first-order valence-electron chi connectivity index (χ1n) is 8.62. The lowest BCUT2D eigenvalue weighted by Crippen LogP contribution is -2.32. The number of hydrogen-bond donors (Lipinski definition) is 0. The van der Waals surface area contributed by atoms with Gasteiger partial charge in [0.1, 0.15) is 0 Å². The summed E-state index contributed by atoms with van der Waals surface area (Å²) >= 11 is 0. The van der Waals surface area contributed by atoms with Crippen LogP contribution in [0.15, 0.2) is 0 Å². The first-order valence-corrected chi connectivity index (χ1v) is 8.62. The lowest BCUT2D eigenvalue weighted by atomic mass is 9.83. The molecule has 0 aromatic heterocycles. The zero-order valence-corrected chi connectivity index (χ0v) is 13.7. The summed E-state index contributed by atoms with van der Waals surface area (Å²) in [4.78, 5) is 0. The van der Waals surface area contributed by atoms with Gasteiger partial charge < -0.3 is 14.2 Å². The first-order chi connectivity index (χ1) is 9.81. The van der Waals surface area contributed by atoms with E-state index in [0.29, 0.717) is 6.10 Å². The fraction of sp³-hybridized carbons (Fsp3) is 1.00. The van der Waals surface area contributed by atoms with Crippen LogP contribution in [0.3, 0.4) is 0 Å². The Labute approximate surface area is 125 Å². The molecule has 0 heterocycles. The van der Waals surface area contributed by atoms with Gasteiger partial charge in [0.2, 0.25) is 0 Å². The van der Waals surface area contributed by atoms with Gasteiger partial charge in [-0.25, -0.2) is 0 Å². The van der Waals surface area contributed by atoms with Gasteiger partial charge in [-0.3, -0.25) is 0 Å². The topological polar surface area (TPSA) is 27.7 Å². The molecule has 0 spiro atoms. The third-order valence-electron chi connectivity index (χ3n) is 4.24. The molecule has 3 nitrogen and oxygen atoms in total. The molecular formula is C17H34O3. The molecule has 0 bridgehead atoms. The van der Waals surface area contributed by atoms with Gasteiger partial charge in [-0.2, -0.15) is 0 Å². The zero-order valence-electron chi connectivity index (χ0n) is 13.7. The van der Waals surface area contributed by atoms with E-state index in [2.05, 4.69) is 13.8 Å². The van der Waals surface area contributed by atoms with E-state index in [1.165, 1.54) is 32.1 Å². The molecular weight excluding hydrogens is 252 g/mol. The molecule has 0 radical (unpaired) electrons. The normalized spacial score (nSPS) is 19.9. The summed E-state index contributed by atoms with van der Waals surface area (Å²) < 4.78 is 17.4. The smallest absolute Gasteiger partial charge is 0.0627 e. The van der Waals surface area contributed by atoms with Crippen LogP contribution < -0.4 is 0 Å². The van der Waals surface area contributed by atoms with Gasteiger partial charge in [0, 0.05) is 32.8 Å². The maximum Gasteiger partial charge on any atom is 0.0627 e. The summed E-state index contributed by atoms with van der Waals surface area (Å²) in [6.45, 7) is 9.39. The molecule has 1 fully saturated rings. The van der Waals surface area contributed by atoms with Gasteiger partial charge in [-0.1, -0.05) is 19.3 Å². The van der Waals surface area contributed by atoms with Crippen molar-refractivity contribution in [1.82, 2.24) is 0 Å². The number of ether oxygens (including phenoxy) is 3. The summed E-state index contributed by atoms with van der Waals surface area (Å²) in [5, 5.41) is 0. The van der Waals surface area contributed by atoms with Crippen molar-refractivity contribution in [3.63, 3.8) is 0 Å². The summed E-state index contributed by atoms with van der Waals surface area (Å²) in [7, 11) is 0. The number of rotatable bonds is 11. The van der Waals surface area contributed by atoms with Crippen LogP contribution in [-0.4, -0.2) is 38.6 Å². The second-order valence-corrected chi connectivity index (χ2v) is 5.69. The summed E-state index contributed by atoms with van der Waals surface area (Å²) in [6, 6.07) is 0. The molecule has 1 aliphatic rings. The molecule has 0 aliphatic heterocycles. The molecule has 0 N–H and O–H groups in total. The maximum atomic E-state index is 6.04. The SMILES string of the molecule is CCOCCC(CC(OCC)C1CCCCC1)OCC. The molecule has 1 aliphatic carbocycles. The average Bonchev–Trinajstić information content (AvgIpc) is 2.48. The van der Waals surface area contributed by atoms with E-state index in [4.69, 9.17) is 14.2 Å². The van der Waals surface area contributed by atoms with Crippen molar-refractivity contribution in [3.05, 3.63) is 0 Å². The third-order valence-corrected chi connectivity index (χ3v) is 4.24. The van der Waals surface area contributed by atoms with Crippen molar-refractivity contribution in [1.29, 1.82) is 0 Å². The van der Waals surface area contributed by atoms with Crippen molar-refractivity contribution in [2.45, 2.75) is 77.9 Å². The Hall–Kier alpha value is -0.120. The molecule has 3 heteroatoms. The minimum absolute atomic E-state index is 0.282. The fourth-order valence-corrected chi connectivity index (χ4v) is 3.24. The first kappa shape index (κ1) is 17.9. The third kappa shape index (κ3) is 7.05. The molecule has 120 valence electrons. The molecule has 1 saturated carbocycles. The van der Waals surface area contributed by atoms with Gasteiger partial charge in [-0.15, -0.1) is 0 Å². The molecule has 0 amide bonds. The molecule has 2 atom stereocenters. The lowest BCUT2D eigenvalue weighted by molar-refractivity contribution is -0.0501. The van der Waals surface area contributed by atoms with E-state index in [1.54, 1.807) is 0 Å². The second-order valence-electron chi connectivity index (χ2n) is 5.69. The highest BCUT2D eigenvalue weighted by atomic mass is 16.5. The zero-order chi connectivity index (χ0) is 14.6. The van der Waals surface area contributed by atoms with Gasteiger partial charge in [0.25, 0.3) is 0 Å². The predicted molar refractivity (Wildman–Crippen MR) is 83.1 cm³/mol. The Bertz CT molecular complexity index is 214. The minimum Gasteiger partial charge on any atom is -0.382 e. The Kier molecular flexibility index (Phi) is 10.3. The predicted octanol–water partition coefficient (Wildman–Crippen LogP) is 4.19. The maximum absolute atomic E-state index is 6.04. The Balaban J connectivity index is 2.45. The van der Waals surface area contributed by atoms with Crippen LogP contribution in [0.4, 0.5) is 0 Å². The molecule has 20 heavy (non-hydrogen) atoms. The van der Waals surface area contributed by atoms with Crippen molar-refractivity contribution < 1.29 is 14.2 Å². The van der Waals surface area contributed by atoms with E-state index < -0.39 is 0 Å². The van der Waals surface area contributed by atoms with E-state index in [9.17, 15) is 0 Å². The largest absolute Gasteiger partial charge is 0.382 e. The van der Waals surface area contributed by atoms with Crippen LogP contribution in [-0.2, 0) is 14.2 Å². The highest BCUT2D eigenvalue weighted by Crippen LogP contribution is 2.30. The van der Waals surface area contributed by atoms with Crippen LogP contribution in [0, 0.1) is 5.92 Å². The monoisotopic (exact) mass is 286 g/mol. The van der Waals surface area contributed by atoms with E-state index in [-0.39, 0.29) is 6.10 Å². The minimum atomic E-state index is 0.282. The van der Waals surface area contributed by atoms with Crippen molar-refractivity contribution >= 4 is 0 Å². The molecule has 1 rings (SSSR count). The van der Waals surface area contributed by atoms with Crippen LogP contribution >= 0.6 is 0 Å². The standard InChI is InChI=1S/C17H34O3/c1-4-18-13-12-16(19-5-2)14-17(20-6-3)15-10-8-7-9-11-15/h15-17H,4-14H2,1-3H3. The summed E-state index contributed by atoms with van der Waals surface area (Å²) in [5.41, 5.74) is 0. The van der Waals surface area contributed by atoms with Crippen LogP contribution in [0.25, 0.3) is 0 Å². The lowest BCUT2D eigenvalue weighted by Gasteiger charge is -2.32. The highest BCUT2D eigenvalue weighted by molar-refractivity contribution is 4.78. The van der Waals surface area contributed by atoms with E-state index >= 15 is 0 Å². The molecule has 0 aromatic rings. The fourth-order valence-electron chi connectivity index (χ4n) is 3.24. The quantitative estimate of drug-likeness (QED) is 0.533. The summed E-state index contributed by atoms with van der Waals surface area (Å²) in [6.07, 6.45) is 9.46. The summed E-state index contributed by atoms with van der Waals surface area (Å²) in [5.74, 6) is 0.735. The highest BCUT2D eigenvalue weighted by Gasteiger charge is 2.27. The van der Waals surface area contributed by atoms with Gasteiger partial charge >= 0.3 is 0 Å². The molecule has 2 unspecified atom stereocenters. The van der Waals surface area contributed by atoms with Crippen molar-refractivity contribution in [2.24, 2.45) is 5.92 Å². The Morgan fingerprint density at radius 1 is 0.900 bits per heavy atom. The Morgan fingerprint density at radius 2 is 1.60 bits per heavy atom. The van der Waals surface area contributed by atoms with Crippen molar-refractivity contribution in [2.75, 3.05) is 26.4 Å². The van der Waals surface area contributed by atoms with Crippen LogP contribution in [0.5, 0.6) is 0 Å². The average molecular weight is 286 g/mol. The van der Waals surface area contributed by atoms with E-state index in [1.807, 2.05) is 6.92 Å².